The molecule has 1 amide bonds. The molecule has 1 aromatic rings. The molecule has 6 nitrogen and oxygen atoms in total. The van der Waals surface area contributed by atoms with Gasteiger partial charge in [0, 0.05) is 18.7 Å². The molecule has 1 aliphatic rings. The standard InChI is InChI=1S/C16H22N2O4/c19-15(13-6-2-1-3-7-13)11-17-16(20)10-12-5-4-8-14(9-12)18(21)22/h4-5,8-9,13,15,19H,1-3,6-7,10-11H2,(H,17,20). The largest absolute Gasteiger partial charge is 0.391 e. The van der Waals surface area contributed by atoms with E-state index in [0.717, 1.165) is 25.7 Å². The SMILES string of the molecule is O=C(Cc1cccc([N+](=O)[O-])c1)NCC(O)C1CCCCC1. The third kappa shape index (κ3) is 4.80. The van der Waals surface area contributed by atoms with E-state index < -0.39 is 11.0 Å². The molecule has 0 aliphatic heterocycles. The van der Waals surface area contributed by atoms with E-state index in [1.165, 1.54) is 18.6 Å². The summed E-state index contributed by atoms with van der Waals surface area (Å²) >= 11 is 0. The number of hydrogen-bond acceptors (Lipinski definition) is 4. The molecule has 0 heterocycles. The molecule has 1 fully saturated rings. The fraction of sp³-hybridized carbons (Fsp3) is 0.562. The zero-order valence-electron chi connectivity index (χ0n) is 12.5. The third-order valence-corrected chi connectivity index (χ3v) is 4.19. The molecular formula is C16H22N2O4. The van der Waals surface area contributed by atoms with Crippen molar-refractivity contribution in [2.75, 3.05) is 6.54 Å². The predicted octanol–water partition coefficient (Wildman–Crippen LogP) is 2.19. The molecule has 1 saturated carbocycles. The Morgan fingerprint density at radius 2 is 2.09 bits per heavy atom. The number of hydrogen-bond donors (Lipinski definition) is 2. The minimum Gasteiger partial charge on any atom is -0.391 e. The van der Waals surface area contributed by atoms with Gasteiger partial charge in [-0.15, -0.1) is 0 Å². The van der Waals surface area contributed by atoms with Crippen molar-refractivity contribution in [1.29, 1.82) is 0 Å². The van der Waals surface area contributed by atoms with Crippen molar-refractivity contribution in [2.45, 2.75) is 44.6 Å². The first kappa shape index (κ1) is 16.4. The molecule has 0 spiro atoms. The van der Waals surface area contributed by atoms with Crippen LogP contribution >= 0.6 is 0 Å². The number of nitro benzene ring substituents is 1. The van der Waals surface area contributed by atoms with Crippen molar-refractivity contribution >= 4 is 11.6 Å². The van der Waals surface area contributed by atoms with Gasteiger partial charge in [-0.3, -0.25) is 14.9 Å². The molecule has 120 valence electrons. The Morgan fingerprint density at radius 3 is 2.77 bits per heavy atom. The molecule has 1 aliphatic carbocycles. The average Bonchev–Trinajstić information content (AvgIpc) is 2.53. The van der Waals surface area contributed by atoms with Gasteiger partial charge >= 0.3 is 0 Å². The number of aliphatic hydroxyl groups is 1. The molecule has 0 aromatic heterocycles. The second-order valence-electron chi connectivity index (χ2n) is 5.87. The van der Waals surface area contributed by atoms with Gasteiger partial charge in [-0.2, -0.15) is 0 Å². The fourth-order valence-electron chi connectivity index (χ4n) is 2.93. The quantitative estimate of drug-likeness (QED) is 0.622. The molecule has 1 atom stereocenters. The van der Waals surface area contributed by atoms with Gasteiger partial charge < -0.3 is 10.4 Å². The van der Waals surface area contributed by atoms with E-state index in [-0.39, 0.29) is 30.5 Å². The van der Waals surface area contributed by atoms with E-state index in [1.54, 1.807) is 12.1 Å². The zero-order valence-corrected chi connectivity index (χ0v) is 12.5. The van der Waals surface area contributed by atoms with E-state index in [4.69, 9.17) is 0 Å². The fourth-order valence-corrected chi connectivity index (χ4v) is 2.93. The Labute approximate surface area is 129 Å². The van der Waals surface area contributed by atoms with Crippen molar-refractivity contribution in [1.82, 2.24) is 5.32 Å². The summed E-state index contributed by atoms with van der Waals surface area (Å²) in [6, 6.07) is 6.05. The van der Waals surface area contributed by atoms with Crippen molar-refractivity contribution < 1.29 is 14.8 Å². The van der Waals surface area contributed by atoms with Gasteiger partial charge in [-0.25, -0.2) is 0 Å². The number of amides is 1. The zero-order chi connectivity index (χ0) is 15.9. The first-order valence-corrected chi connectivity index (χ1v) is 7.74. The van der Waals surface area contributed by atoms with Gasteiger partial charge in [0.1, 0.15) is 0 Å². The monoisotopic (exact) mass is 306 g/mol. The normalized spacial score (nSPS) is 17.0. The number of benzene rings is 1. The molecule has 22 heavy (non-hydrogen) atoms. The maximum absolute atomic E-state index is 11.9. The number of carbonyl (C=O) groups is 1. The smallest absolute Gasteiger partial charge is 0.269 e. The van der Waals surface area contributed by atoms with Crippen molar-refractivity contribution in [3.8, 4) is 0 Å². The summed E-state index contributed by atoms with van der Waals surface area (Å²) in [4.78, 5) is 22.1. The topological polar surface area (TPSA) is 92.5 Å². The Hall–Kier alpha value is -1.95. The number of nitro groups is 1. The molecule has 0 radical (unpaired) electrons. The van der Waals surface area contributed by atoms with Gasteiger partial charge in [-0.1, -0.05) is 31.4 Å². The molecule has 1 unspecified atom stereocenters. The van der Waals surface area contributed by atoms with Crippen molar-refractivity contribution in [3.05, 3.63) is 39.9 Å². The summed E-state index contributed by atoms with van der Waals surface area (Å²) in [5.74, 6) is 0.0437. The molecule has 0 saturated heterocycles. The van der Waals surface area contributed by atoms with Gasteiger partial charge in [0.25, 0.3) is 5.69 Å². The van der Waals surface area contributed by atoms with Gasteiger partial charge in [-0.05, 0) is 24.3 Å². The third-order valence-electron chi connectivity index (χ3n) is 4.19. The molecule has 2 N–H and O–H groups in total. The molecule has 0 bridgehead atoms. The summed E-state index contributed by atoms with van der Waals surface area (Å²) in [7, 11) is 0. The summed E-state index contributed by atoms with van der Waals surface area (Å²) in [5, 5.41) is 23.5. The number of carbonyl (C=O) groups excluding carboxylic acids is 1. The van der Waals surface area contributed by atoms with E-state index in [2.05, 4.69) is 5.32 Å². The highest BCUT2D eigenvalue weighted by Crippen LogP contribution is 2.26. The maximum Gasteiger partial charge on any atom is 0.269 e. The second kappa shape index (κ2) is 7.89. The predicted molar refractivity (Wildman–Crippen MR) is 82.4 cm³/mol. The van der Waals surface area contributed by atoms with Crippen LogP contribution in [0.4, 0.5) is 5.69 Å². The number of nitrogens with one attached hydrogen (secondary N) is 1. The highest BCUT2D eigenvalue weighted by molar-refractivity contribution is 5.78. The Kier molecular flexibility index (Phi) is 5.89. The highest BCUT2D eigenvalue weighted by Gasteiger charge is 2.22. The lowest BCUT2D eigenvalue weighted by Crippen LogP contribution is -2.37. The molecule has 2 rings (SSSR count). The molecule has 6 heteroatoms. The Morgan fingerprint density at radius 1 is 1.36 bits per heavy atom. The average molecular weight is 306 g/mol. The number of non-ortho nitro benzene ring substituents is 1. The molecular weight excluding hydrogens is 284 g/mol. The lowest BCUT2D eigenvalue weighted by atomic mass is 9.85. The van der Waals surface area contributed by atoms with Gasteiger partial charge in [0.15, 0.2) is 0 Å². The summed E-state index contributed by atoms with van der Waals surface area (Å²) < 4.78 is 0. The van der Waals surface area contributed by atoms with E-state index >= 15 is 0 Å². The summed E-state index contributed by atoms with van der Waals surface area (Å²) in [6.07, 6.45) is 5.12. The summed E-state index contributed by atoms with van der Waals surface area (Å²) in [6.45, 7) is 0.248. The summed E-state index contributed by atoms with van der Waals surface area (Å²) in [5.41, 5.74) is 0.575. The maximum atomic E-state index is 11.9. The van der Waals surface area contributed by atoms with Crippen LogP contribution in [0.1, 0.15) is 37.7 Å². The van der Waals surface area contributed by atoms with Gasteiger partial charge in [0.2, 0.25) is 5.91 Å². The minimum absolute atomic E-state index is 0.0208. The van der Waals surface area contributed by atoms with Crippen LogP contribution < -0.4 is 5.32 Å². The van der Waals surface area contributed by atoms with Crippen molar-refractivity contribution in [2.24, 2.45) is 5.92 Å². The van der Waals surface area contributed by atoms with Crippen LogP contribution in [-0.2, 0) is 11.2 Å². The van der Waals surface area contributed by atoms with Crippen LogP contribution in [0, 0.1) is 16.0 Å². The van der Waals surface area contributed by atoms with Crippen LogP contribution in [0.3, 0.4) is 0 Å². The van der Waals surface area contributed by atoms with Crippen LogP contribution in [0.5, 0.6) is 0 Å². The minimum atomic E-state index is -0.505. The van der Waals surface area contributed by atoms with Crippen LogP contribution in [-0.4, -0.2) is 28.6 Å². The Bertz CT molecular complexity index is 527. The van der Waals surface area contributed by atoms with Gasteiger partial charge in [0.05, 0.1) is 17.4 Å². The van der Waals surface area contributed by atoms with Crippen LogP contribution in [0.25, 0.3) is 0 Å². The molecule has 1 aromatic carbocycles. The lowest BCUT2D eigenvalue weighted by molar-refractivity contribution is -0.384. The van der Waals surface area contributed by atoms with E-state index in [9.17, 15) is 20.0 Å². The van der Waals surface area contributed by atoms with E-state index in [0.29, 0.717) is 5.56 Å². The second-order valence-corrected chi connectivity index (χ2v) is 5.87. The lowest BCUT2D eigenvalue weighted by Gasteiger charge is -2.26. The number of rotatable bonds is 6. The van der Waals surface area contributed by atoms with Crippen molar-refractivity contribution in [3.63, 3.8) is 0 Å². The highest BCUT2D eigenvalue weighted by atomic mass is 16.6. The first-order valence-electron chi connectivity index (χ1n) is 7.74. The number of nitrogens with zero attached hydrogens (tertiary/aromatic N) is 1. The van der Waals surface area contributed by atoms with E-state index in [1.807, 2.05) is 0 Å². The van der Waals surface area contributed by atoms with Crippen LogP contribution in [0.2, 0.25) is 0 Å². The first-order chi connectivity index (χ1) is 10.6. The Balaban J connectivity index is 1.80. The number of aliphatic hydroxyl groups excluding tert-OH is 1. The van der Waals surface area contributed by atoms with Crippen LogP contribution in [0.15, 0.2) is 24.3 Å².